The number of benzene rings is 2. The second-order valence-corrected chi connectivity index (χ2v) is 7.80. The molecule has 1 saturated heterocycles. The van der Waals surface area contributed by atoms with Crippen LogP contribution in [0.3, 0.4) is 0 Å². The standard InChI is InChI=1S/C20H19NO7S/c1-26-16-7-5-15(6-8-16)21-29(24,25)17-9-2-14(3-10-17)4-11-19(22)28-18-12-13-27-20(18)23/h2-11,18,21H,12-13H2,1H3/b11-4+/t18-/m0/s1. The molecule has 1 fully saturated rings. The zero-order valence-electron chi connectivity index (χ0n) is 15.5. The van der Waals surface area contributed by atoms with Crippen molar-refractivity contribution < 1.29 is 32.2 Å². The number of methoxy groups -OCH3 is 1. The molecule has 1 N–H and O–H groups in total. The van der Waals surface area contributed by atoms with E-state index in [-0.39, 0.29) is 11.5 Å². The fourth-order valence-corrected chi connectivity index (χ4v) is 3.62. The number of carbonyl (C=O) groups is 2. The molecule has 152 valence electrons. The highest BCUT2D eigenvalue weighted by Crippen LogP contribution is 2.20. The average Bonchev–Trinajstić information content (AvgIpc) is 3.11. The summed E-state index contributed by atoms with van der Waals surface area (Å²) in [5.41, 5.74) is 1.00. The van der Waals surface area contributed by atoms with Crippen molar-refractivity contribution in [3.63, 3.8) is 0 Å². The van der Waals surface area contributed by atoms with Gasteiger partial charge in [-0.05, 0) is 48.0 Å². The summed E-state index contributed by atoms with van der Waals surface area (Å²) in [6.07, 6.45) is 2.11. The van der Waals surface area contributed by atoms with E-state index in [1.807, 2.05) is 0 Å². The predicted octanol–water partition coefficient (Wildman–Crippen LogP) is 2.37. The van der Waals surface area contributed by atoms with Gasteiger partial charge in [0.2, 0.25) is 6.10 Å². The van der Waals surface area contributed by atoms with Gasteiger partial charge in [0.1, 0.15) is 5.75 Å². The Morgan fingerprint density at radius 3 is 2.41 bits per heavy atom. The van der Waals surface area contributed by atoms with E-state index in [0.717, 1.165) is 0 Å². The second kappa shape index (κ2) is 8.78. The molecular weight excluding hydrogens is 398 g/mol. The minimum Gasteiger partial charge on any atom is -0.497 e. The quantitative estimate of drug-likeness (QED) is 0.544. The molecular formula is C20H19NO7S. The number of ether oxygens (including phenoxy) is 3. The Labute approximate surface area is 168 Å². The largest absolute Gasteiger partial charge is 0.497 e. The monoisotopic (exact) mass is 417 g/mol. The number of carbonyl (C=O) groups excluding carboxylic acids is 2. The number of nitrogens with one attached hydrogen (secondary N) is 1. The first-order valence-electron chi connectivity index (χ1n) is 8.70. The van der Waals surface area contributed by atoms with Crippen molar-refractivity contribution in [2.24, 2.45) is 0 Å². The van der Waals surface area contributed by atoms with Crippen molar-refractivity contribution in [1.29, 1.82) is 0 Å². The van der Waals surface area contributed by atoms with E-state index in [4.69, 9.17) is 14.2 Å². The van der Waals surface area contributed by atoms with Gasteiger partial charge in [-0.1, -0.05) is 12.1 Å². The highest BCUT2D eigenvalue weighted by molar-refractivity contribution is 7.92. The van der Waals surface area contributed by atoms with Crippen LogP contribution in [-0.4, -0.2) is 40.2 Å². The molecule has 0 spiro atoms. The third-order valence-corrected chi connectivity index (χ3v) is 5.49. The van der Waals surface area contributed by atoms with Crippen LogP contribution in [0.15, 0.2) is 59.5 Å². The van der Waals surface area contributed by atoms with Crippen LogP contribution in [0.4, 0.5) is 5.69 Å². The molecule has 29 heavy (non-hydrogen) atoms. The summed E-state index contributed by atoms with van der Waals surface area (Å²) in [5, 5.41) is 0. The van der Waals surface area contributed by atoms with E-state index in [0.29, 0.717) is 23.4 Å². The van der Waals surface area contributed by atoms with E-state index in [1.165, 1.54) is 31.4 Å². The van der Waals surface area contributed by atoms with Crippen LogP contribution in [0, 0.1) is 0 Å². The van der Waals surface area contributed by atoms with Crippen LogP contribution >= 0.6 is 0 Å². The summed E-state index contributed by atoms with van der Waals surface area (Å²) >= 11 is 0. The summed E-state index contributed by atoms with van der Waals surface area (Å²) < 4.78 is 42.2. The lowest BCUT2D eigenvalue weighted by Crippen LogP contribution is -2.21. The number of hydrogen-bond acceptors (Lipinski definition) is 7. The minimum absolute atomic E-state index is 0.0711. The highest BCUT2D eigenvalue weighted by Gasteiger charge is 2.29. The second-order valence-electron chi connectivity index (χ2n) is 6.12. The summed E-state index contributed by atoms with van der Waals surface area (Å²) in [5.74, 6) is -0.607. The van der Waals surface area contributed by atoms with Gasteiger partial charge in [-0.3, -0.25) is 4.72 Å². The number of hydrogen-bond donors (Lipinski definition) is 1. The molecule has 0 saturated carbocycles. The lowest BCUT2D eigenvalue weighted by molar-refractivity contribution is -0.156. The Bertz CT molecular complexity index is 1010. The summed E-state index contributed by atoms with van der Waals surface area (Å²) in [4.78, 5) is 23.1. The fourth-order valence-electron chi connectivity index (χ4n) is 2.56. The summed E-state index contributed by atoms with van der Waals surface area (Å²) in [7, 11) is -2.24. The van der Waals surface area contributed by atoms with Crippen molar-refractivity contribution >= 4 is 33.7 Å². The number of esters is 2. The van der Waals surface area contributed by atoms with E-state index in [1.54, 1.807) is 36.4 Å². The zero-order valence-corrected chi connectivity index (χ0v) is 16.3. The maximum absolute atomic E-state index is 12.5. The molecule has 3 rings (SSSR count). The Hall–Kier alpha value is -3.33. The lowest BCUT2D eigenvalue weighted by atomic mass is 10.2. The molecule has 1 aliphatic heterocycles. The van der Waals surface area contributed by atoms with E-state index in [2.05, 4.69) is 4.72 Å². The van der Waals surface area contributed by atoms with Crippen molar-refractivity contribution in [3.05, 3.63) is 60.2 Å². The number of rotatable bonds is 7. The third-order valence-electron chi connectivity index (χ3n) is 4.09. The first-order chi connectivity index (χ1) is 13.9. The number of sulfonamides is 1. The Morgan fingerprint density at radius 1 is 1.14 bits per heavy atom. The first kappa shape index (κ1) is 20.4. The lowest BCUT2D eigenvalue weighted by Gasteiger charge is -2.09. The van der Waals surface area contributed by atoms with Gasteiger partial charge in [0, 0.05) is 18.2 Å². The Morgan fingerprint density at radius 2 is 1.83 bits per heavy atom. The van der Waals surface area contributed by atoms with Gasteiger partial charge in [0.25, 0.3) is 10.0 Å². The van der Waals surface area contributed by atoms with Gasteiger partial charge in [0.05, 0.1) is 18.6 Å². The molecule has 2 aromatic rings. The molecule has 1 aliphatic rings. The normalized spacial score (nSPS) is 16.4. The first-order valence-corrected chi connectivity index (χ1v) is 10.2. The Kier molecular flexibility index (Phi) is 6.18. The van der Waals surface area contributed by atoms with Gasteiger partial charge in [0.15, 0.2) is 0 Å². The van der Waals surface area contributed by atoms with Crippen LogP contribution in [0.25, 0.3) is 6.08 Å². The molecule has 1 heterocycles. The molecule has 1 atom stereocenters. The molecule has 0 unspecified atom stereocenters. The Balaban J connectivity index is 1.62. The van der Waals surface area contributed by atoms with Gasteiger partial charge in [-0.15, -0.1) is 0 Å². The van der Waals surface area contributed by atoms with Crippen LogP contribution < -0.4 is 9.46 Å². The molecule has 0 aromatic heterocycles. The topological polar surface area (TPSA) is 108 Å². The van der Waals surface area contributed by atoms with E-state index in [9.17, 15) is 18.0 Å². The zero-order chi connectivity index (χ0) is 20.9. The van der Waals surface area contributed by atoms with Crippen LogP contribution in [0.2, 0.25) is 0 Å². The summed E-state index contributed by atoms with van der Waals surface area (Å²) in [6, 6.07) is 12.4. The fraction of sp³-hybridized carbons (Fsp3) is 0.200. The molecule has 2 aromatic carbocycles. The van der Waals surface area contributed by atoms with Crippen LogP contribution in [0.5, 0.6) is 5.75 Å². The number of anilines is 1. The number of cyclic esters (lactones) is 1. The maximum Gasteiger partial charge on any atom is 0.347 e. The molecule has 8 nitrogen and oxygen atoms in total. The van der Waals surface area contributed by atoms with Gasteiger partial charge < -0.3 is 14.2 Å². The average molecular weight is 417 g/mol. The van der Waals surface area contributed by atoms with Crippen molar-refractivity contribution in [1.82, 2.24) is 0 Å². The molecule has 9 heteroatoms. The van der Waals surface area contributed by atoms with E-state index >= 15 is 0 Å². The van der Waals surface area contributed by atoms with Gasteiger partial charge >= 0.3 is 11.9 Å². The van der Waals surface area contributed by atoms with E-state index < -0.39 is 28.1 Å². The minimum atomic E-state index is -3.76. The maximum atomic E-state index is 12.5. The van der Waals surface area contributed by atoms with Gasteiger partial charge in [-0.2, -0.15) is 0 Å². The van der Waals surface area contributed by atoms with Crippen molar-refractivity contribution in [2.45, 2.75) is 17.4 Å². The molecule has 0 radical (unpaired) electrons. The van der Waals surface area contributed by atoms with Gasteiger partial charge in [-0.25, -0.2) is 18.0 Å². The van der Waals surface area contributed by atoms with Crippen LogP contribution in [-0.2, 0) is 29.1 Å². The summed E-state index contributed by atoms with van der Waals surface area (Å²) in [6.45, 7) is 0.237. The SMILES string of the molecule is COc1ccc(NS(=O)(=O)c2ccc(/C=C/C(=O)O[C@H]3CCOC3=O)cc2)cc1. The predicted molar refractivity (Wildman–Crippen MR) is 105 cm³/mol. The highest BCUT2D eigenvalue weighted by atomic mass is 32.2. The molecule has 0 aliphatic carbocycles. The van der Waals surface area contributed by atoms with Crippen molar-refractivity contribution in [3.8, 4) is 5.75 Å². The smallest absolute Gasteiger partial charge is 0.347 e. The molecule has 0 bridgehead atoms. The third kappa shape index (κ3) is 5.35. The molecule has 0 amide bonds. The van der Waals surface area contributed by atoms with Crippen LogP contribution in [0.1, 0.15) is 12.0 Å². The van der Waals surface area contributed by atoms with Crippen molar-refractivity contribution in [2.75, 3.05) is 18.4 Å².